The van der Waals surface area contributed by atoms with Crippen LogP contribution in [0.5, 0.6) is 0 Å². The van der Waals surface area contributed by atoms with Crippen LogP contribution in [-0.2, 0) is 11.8 Å². The molecule has 0 bridgehead atoms. The van der Waals surface area contributed by atoms with Crippen molar-refractivity contribution in [2.75, 3.05) is 26.2 Å². The first-order valence-electron chi connectivity index (χ1n) is 11.6. The molecular weight excluding hydrogens is 473 g/mol. The number of piperazine rings is 1. The minimum absolute atomic E-state index is 0.0299. The van der Waals surface area contributed by atoms with E-state index < -0.39 is 23.8 Å². The monoisotopic (exact) mass is 500 g/mol. The zero-order valence-corrected chi connectivity index (χ0v) is 20.5. The van der Waals surface area contributed by atoms with E-state index in [9.17, 15) is 22.8 Å². The molecule has 3 aromatic rings. The minimum atomic E-state index is -2.94. The number of rotatable bonds is 4. The SMILES string of the molecule is CC(=O)N1CCN(C(=O)c2cc3c(=NC(C)c4cccc(C(F)F)c4F)nc(C)n(C)c3cn2)CC1. The molecule has 0 radical (unpaired) electrons. The molecule has 8 nitrogen and oxygen atoms in total. The molecule has 190 valence electrons. The molecule has 0 aliphatic carbocycles. The molecule has 3 heterocycles. The Morgan fingerprint density at radius 2 is 1.72 bits per heavy atom. The minimum Gasteiger partial charge on any atom is -0.339 e. The van der Waals surface area contributed by atoms with Gasteiger partial charge in [-0.25, -0.2) is 23.1 Å². The highest BCUT2D eigenvalue weighted by molar-refractivity contribution is 5.95. The van der Waals surface area contributed by atoms with Crippen LogP contribution < -0.4 is 5.49 Å². The Balaban J connectivity index is 1.75. The number of nitrogens with zero attached hydrogens (tertiary/aromatic N) is 6. The van der Waals surface area contributed by atoms with E-state index >= 15 is 0 Å². The predicted molar refractivity (Wildman–Crippen MR) is 127 cm³/mol. The molecule has 0 saturated carbocycles. The zero-order valence-electron chi connectivity index (χ0n) is 20.5. The van der Waals surface area contributed by atoms with Crippen molar-refractivity contribution >= 4 is 22.7 Å². The normalized spacial score (nSPS) is 15.6. The van der Waals surface area contributed by atoms with Crippen molar-refractivity contribution in [2.45, 2.75) is 33.2 Å². The lowest BCUT2D eigenvalue weighted by Gasteiger charge is -2.34. The Labute approximate surface area is 206 Å². The van der Waals surface area contributed by atoms with Crippen LogP contribution in [-0.4, -0.2) is 62.3 Å². The van der Waals surface area contributed by atoms with Crippen LogP contribution in [0, 0.1) is 12.7 Å². The second-order valence-corrected chi connectivity index (χ2v) is 8.78. The highest BCUT2D eigenvalue weighted by atomic mass is 19.3. The molecule has 11 heteroatoms. The first-order chi connectivity index (χ1) is 17.1. The number of pyridine rings is 1. The quantitative estimate of drug-likeness (QED) is 0.550. The predicted octanol–water partition coefficient (Wildman–Crippen LogP) is 3.32. The Kier molecular flexibility index (Phi) is 7.09. The van der Waals surface area contributed by atoms with Gasteiger partial charge >= 0.3 is 0 Å². The molecule has 0 N–H and O–H groups in total. The smallest absolute Gasteiger partial charge is 0.272 e. The van der Waals surface area contributed by atoms with Gasteiger partial charge in [0.15, 0.2) is 5.49 Å². The molecule has 1 atom stereocenters. The van der Waals surface area contributed by atoms with E-state index in [1.807, 2.05) is 0 Å². The highest BCUT2D eigenvalue weighted by Gasteiger charge is 2.25. The second-order valence-electron chi connectivity index (χ2n) is 8.78. The summed E-state index contributed by atoms with van der Waals surface area (Å²) >= 11 is 0. The first kappa shape index (κ1) is 25.3. The average Bonchev–Trinajstić information content (AvgIpc) is 2.86. The first-order valence-corrected chi connectivity index (χ1v) is 11.6. The maximum atomic E-state index is 14.7. The van der Waals surface area contributed by atoms with Gasteiger partial charge in [-0.3, -0.25) is 14.6 Å². The number of amides is 2. The van der Waals surface area contributed by atoms with Crippen LogP contribution >= 0.6 is 0 Å². The largest absolute Gasteiger partial charge is 0.339 e. The lowest BCUT2D eigenvalue weighted by Crippen LogP contribution is -2.50. The fraction of sp³-hybridized carbons (Fsp3) is 0.400. The van der Waals surface area contributed by atoms with E-state index in [0.29, 0.717) is 42.9 Å². The topological polar surface area (TPSA) is 83.7 Å². The van der Waals surface area contributed by atoms with Gasteiger partial charge < -0.3 is 14.4 Å². The lowest BCUT2D eigenvalue weighted by molar-refractivity contribution is -0.130. The number of benzene rings is 1. The molecule has 0 spiro atoms. The summed E-state index contributed by atoms with van der Waals surface area (Å²) in [5, 5.41) is 0.529. The van der Waals surface area contributed by atoms with E-state index in [1.165, 1.54) is 19.1 Å². The third-order valence-electron chi connectivity index (χ3n) is 6.53. The summed E-state index contributed by atoms with van der Waals surface area (Å²) in [5.41, 5.74) is 0.465. The van der Waals surface area contributed by atoms with Crippen LogP contribution in [0.25, 0.3) is 10.9 Å². The fourth-order valence-corrected chi connectivity index (χ4v) is 4.27. The number of hydrogen-bond acceptors (Lipinski definition) is 5. The number of aromatic nitrogens is 3. The van der Waals surface area contributed by atoms with Crippen molar-refractivity contribution in [3.63, 3.8) is 0 Å². The molecule has 36 heavy (non-hydrogen) atoms. The second kappa shape index (κ2) is 10.1. The number of carbonyl (C=O) groups excluding carboxylic acids is 2. The van der Waals surface area contributed by atoms with Gasteiger partial charge in [0, 0.05) is 51.1 Å². The summed E-state index contributed by atoms with van der Waals surface area (Å²) in [4.78, 5) is 41.5. The standard InChI is InChI=1S/C25H27F3N6O2/c1-14(17-6-5-7-18(22(17)26)23(27)28)30-24-19-12-20(29-13-21(19)32(4)15(2)31-24)25(36)34-10-8-33(9-11-34)16(3)35/h5-7,12-14,23H,8-11H2,1-4H3. The average molecular weight is 501 g/mol. The van der Waals surface area contributed by atoms with E-state index in [2.05, 4.69) is 15.0 Å². The lowest BCUT2D eigenvalue weighted by atomic mass is 10.0. The molecular formula is C25H27F3N6O2. The van der Waals surface area contributed by atoms with Crippen LogP contribution in [0.15, 0.2) is 35.5 Å². The van der Waals surface area contributed by atoms with Gasteiger partial charge in [-0.05, 0) is 19.9 Å². The third-order valence-corrected chi connectivity index (χ3v) is 6.53. The van der Waals surface area contributed by atoms with Crippen LogP contribution in [0.3, 0.4) is 0 Å². The molecule has 1 unspecified atom stereocenters. The third kappa shape index (κ3) is 4.82. The highest BCUT2D eigenvalue weighted by Crippen LogP contribution is 2.28. The van der Waals surface area contributed by atoms with E-state index in [0.717, 1.165) is 6.07 Å². The van der Waals surface area contributed by atoms with Gasteiger partial charge in [-0.15, -0.1) is 0 Å². The molecule has 2 amide bonds. The van der Waals surface area contributed by atoms with E-state index in [1.54, 1.807) is 47.5 Å². The van der Waals surface area contributed by atoms with Gasteiger partial charge in [-0.2, -0.15) is 0 Å². The maximum absolute atomic E-state index is 14.7. The van der Waals surface area contributed by atoms with Crippen LogP contribution in [0.4, 0.5) is 13.2 Å². The van der Waals surface area contributed by atoms with Crippen molar-refractivity contribution in [1.29, 1.82) is 0 Å². The molecule has 2 aromatic heterocycles. The number of alkyl halides is 2. The maximum Gasteiger partial charge on any atom is 0.272 e. The number of hydrogen-bond donors (Lipinski definition) is 0. The van der Waals surface area contributed by atoms with Crippen molar-refractivity contribution in [3.05, 3.63) is 64.4 Å². The van der Waals surface area contributed by atoms with Crippen molar-refractivity contribution in [3.8, 4) is 0 Å². The number of halogens is 3. The zero-order chi connectivity index (χ0) is 26.1. The Bertz CT molecular complexity index is 1400. The summed E-state index contributed by atoms with van der Waals surface area (Å²) < 4.78 is 42.9. The van der Waals surface area contributed by atoms with Gasteiger partial charge in [0.1, 0.15) is 17.3 Å². The van der Waals surface area contributed by atoms with Crippen molar-refractivity contribution in [2.24, 2.45) is 12.0 Å². The Hall–Kier alpha value is -3.76. The molecule has 1 saturated heterocycles. The fourth-order valence-electron chi connectivity index (χ4n) is 4.27. The van der Waals surface area contributed by atoms with Gasteiger partial charge in [0.2, 0.25) is 5.91 Å². The Morgan fingerprint density at radius 3 is 2.36 bits per heavy atom. The molecule has 1 fully saturated rings. The van der Waals surface area contributed by atoms with Crippen LogP contribution in [0.2, 0.25) is 0 Å². The summed E-state index contributed by atoms with van der Waals surface area (Å²) in [6, 6.07) is 4.64. The van der Waals surface area contributed by atoms with Crippen molar-refractivity contribution in [1.82, 2.24) is 24.3 Å². The number of aryl methyl sites for hydroxylation is 2. The number of carbonyl (C=O) groups is 2. The van der Waals surface area contributed by atoms with Gasteiger partial charge in [0.05, 0.1) is 23.3 Å². The van der Waals surface area contributed by atoms with E-state index in [4.69, 9.17) is 0 Å². The Morgan fingerprint density at radius 1 is 1.08 bits per heavy atom. The molecule has 1 aliphatic heterocycles. The van der Waals surface area contributed by atoms with Gasteiger partial charge in [0.25, 0.3) is 12.3 Å². The summed E-state index contributed by atoms with van der Waals surface area (Å²) in [5.74, 6) is -0.696. The molecule has 1 aliphatic rings. The number of fused-ring (bicyclic) bond motifs is 1. The van der Waals surface area contributed by atoms with Gasteiger partial charge in [-0.1, -0.05) is 18.2 Å². The molecule has 1 aromatic carbocycles. The summed E-state index contributed by atoms with van der Waals surface area (Å²) in [6.45, 7) is 6.56. The summed E-state index contributed by atoms with van der Waals surface area (Å²) in [7, 11) is 1.80. The van der Waals surface area contributed by atoms with Crippen molar-refractivity contribution < 1.29 is 22.8 Å². The summed E-state index contributed by atoms with van der Waals surface area (Å²) in [6.07, 6.45) is -1.38. The molecule has 4 rings (SSSR count). The van der Waals surface area contributed by atoms with E-state index in [-0.39, 0.29) is 28.6 Å². The van der Waals surface area contributed by atoms with Crippen LogP contribution in [0.1, 0.15) is 53.8 Å².